The Morgan fingerprint density at radius 1 is 0.967 bits per heavy atom. The van der Waals surface area contributed by atoms with Crippen LogP contribution in [0.15, 0.2) is 77.6 Å². The predicted octanol–water partition coefficient (Wildman–Crippen LogP) is 4.80. The van der Waals surface area contributed by atoms with Crippen molar-refractivity contribution in [2.75, 3.05) is 5.32 Å². The second kappa shape index (κ2) is 9.00. The van der Waals surface area contributed by atoms with E-state index in [2.05, 4.69) is 20.4 Å². The molecule has 7 nitrogen and oxygen atoms in total. The molecule has 150 valence electrons. The third kappa shape index (κ3) is 5.08. The molecular formula is C23H20N4O3. The van der Waals surface area contributed by atoms with Crippen molar-refractivity contribution in [3.05, 3.63) is 84.5 Å². The average molecular weight is 400 g/mol. The van der Waals surface area contributed by atoms with Gasteiger partial charge in [-0.1, -0.05) is 22.9 Å². The second-order valence-electron chi connectivity index (χ2n) is 6.74. The first kappa shape index (κ1) is 19.3. The average Bonchev–Trinajstić information content (AvgIpc) is 3.25. The van der Waals surface area contributed by atoms with Crippen molar-refractivity contribution in [3.63, 3.8) is 0 Å². The van der Waals surface area contributed by atoms with Crippen molar-refractivity contribution < 1.29 is 14.1 Å². The highest BCUT2D eigenvalue weighted by molar-refractivity contribution is 5.90. The zero-order valence-electron chi connectivity index (χ0n) is 16.4. The monoisotopic (exact) mass is 400 g/mol. The van der Waals surface area contributed by atoms with Gasteiger partial charge in [0.25, 0.3) is 0 Å². The maximum atomic E-state index is 12.2. The van der Waals surface area contributed by atoms with Crippen LogP contribution in [-0.2, 0) is 11.2 Å². The minimum absolute atomic E-state index is 0.133. The summed E-state index contributed by atoms with van der Waals surface area (Å²) in [4.78, 5) is 20.5. The van der Waals surface area contributed by atoms with Gasteiger partial charge in [0, 0.05) is 36.5 Å². The number of nitrogens with zero attached hydrogens (tertiary/aromatic N) is 3. The van der Waals surface area contributed by atoms with E-state index in [1.165, 1.54) is 5.56 Å². The van der Waals surface area contributed by atoms with Crippen molar-refractivity contribution in [1.82, 2.24) is 15.1 Å². The van der Waals surface area contributed by atoms with Gasteiger partial charge in [0.1, 0.15) is 11.5 Å². The molecule has 7 heteroatoms. The van der Waals surface area contributed by atoms with Crippen molar-refractivity contribution >= 4 is 11.6 Å². The van der Waals surface area contributed by atoms with Crippen LogP contribution in [0, 0.1) is 6.92 Å². The molecule has 2 aromatic carbocycles. The van der Waals surface area contributed by atoms with Crippen LogP contribution in [0.1, 0.15) is 17.9 Å². The number of benzene rings is 2. The van der Waals surface area contributed by atoms with Gasteiger partial charge in [0.2, 0.25) is 17.6 Å². The number of ether oxygens (including phenoxy) is 1. The van der Waals surface area contributed by atoms with Gasteiger partial charge in [-0.15, -0.1) is 0 Å². The number of carbonyl (C=O) groups is 1. The second-order valence-corrected chi connectivity index (χ2v) is 6.74. The molecule has 1 N–H and O–H groups in total. The maximum Gasteiger partial charge on any atom is 0.227 e. The lowest BCUT2D eigenvalue weighted by Gasteiger charge is -2.08. The SMILES string of the molecule is Cc1ccc(Oc2ccc(NC(=O)CCc3nc(-c4ccncc4)no3)cc2)cc1. The summed E-state index contributed by atoms with van der Waals surface area (Å²) in [6.07, 6.45) is 3.92. The lowest BCUT2D eigenvalue weighted by atomic mass is 10.2. The molecule has 0 fully saturated rings. The predicted molar refractivity (Wildman–Crippen MR) is 112 cm³/mol. The number of rotatable bonds is 7. The standard InChI is InChI=1S/C23H20N4O3/c1-16-2-6-19(7-3-16)29-20-8-4-18(5-9-20)25-21(28)10-11-22-26-23(27-30-22)17-12-14-24-15-13-17/h2-9,12-15H,10-11H2,1H3,(H,25,28). The molecule has 0 saturated carbocycles. The third-order valence-corrected chi connectivity index (χ3v) is 4.37. The van der Waals surface area contributed by atoms with Crippen LogP contribution < -0.4 is 10.1 Å². The van der Waals surface area contributed by atoms with E-state index in [1.807, 2.05) is 43.3 Å². The highest BCUT2D eigenvalue weighted by atomic mass is 16.5. The normalized spacial score (nSPS) is 10.6. The Morgan fingerprint density at radius 3 is 2.33 bits per heavy atom. The molecule has 2 heterocycles. The fourth-order valence-corrected chi connectivity index (χ4v) is 2.77. The summed E-state index contributed by atoms with van der Waals surface area (Å²) >= 11 is 0. The minimum atomic E-state index is -0.133. The highest BCUT2D eigenvalue weighted by Gasteiger charge is 2.11. The number of carbonyl (C=O) groups excluding carboxylic acids is 1. The number of aryl methyl sites for hydroxylation is 2. The summed E-state index contributed by atoms with van der Waals surface area (Å²) in [6, 6.07) is 18.7. The van der Waals surface area contributed by atoms with E-state index in [0.29, 0.717) is 29.6 Å². The number of pyridine rings is 1. The van der Waals surface area contributed by atoms with Crippen LogP contribution in [0.4, 0.5) is 5.69 Å². The van der Waals surface area contributed by atoms with Gasteiger partial charge >= 0.3 is 0 Å². The van der Waals surface area contributed by atoms with Crippen molar-refractivity contribution in [3.8, 4) is 22.9 Å². The van der Waals surface area contributed by atoms with Crippen LogP contribution in [0.5, 0.6) is 11.5 Å². The fourth-order valence-electron chi connectivity index (χ4n) is 2.77. The lowest BCUT2D eigenvalue weighted by Crippen LogP contribution is -2.12. The van der Waals surface area contributed by atoms with E-state index >= 15 is 0 Å². The molecule has 0 aliphatic heterocycles. The largest absolute Gasteiger partial charge is 0.457 e. The first-order valence-electron chi connectivity index (χ1n) is 9.53. The lowest BCUT2D eigenvalue weighted by molar-refractivity contribution is -0.116. The molecule has 0 spiro atoms. The number of hydrogen-bond donors (Lipinski definition) is 1. The number of aromatic nitrogens is 3. The molecule has 4 aromatic rings. The Kier molecular flexibility index (Phi) is 5.80. The van der Waals surface area contributed by atoms with Gasteiger partial charge in [-0.2, -0.15) is 4.98 Å². The van der Waals surface area contributed by atoms with Gasteiger partial charge in [-0.25, -0.2) is 0 Å². The van der Waals surface area contributed by atoms with Crippen LogP contribution >= 0.6 is 0 Å². The molecular weight excluding hydrogens is 380 g/mol. The van der Waals surface area contributed by atoms with E-state index in [-0.39, 0.29) is 12.3 Å². The highest BCUT2D eigenvalue weighted by Crippen LogP contribution is 2.23. The van der Waals surface area contributed by atoms with Crippen molar-refractivity contribution in [1.29, 1.82) is 0 Å². The maximum absolute atomic E-state index is 12.2. The number of amides is 1. The molecule has 2 aromatic heterocycles. The quantitative estimate of drug-likeness (QED) is 0.479. The molecule has 0 aliphatic carbocycles. The number of hydrogen-bond acceptors (Lipinski definition) is 6. The molecule has 0 aliphatic rings. The van der Waals surface area contributed by atoms with Gasteiger partial charge in [0.15, 0.2) is 0 Å². The molecule has 1 amide bonds. The van der Waals surface area contributed by atoms with Crippen molar-refractivity contribution in [2.24, 2.45) is 0 Å². The summed E-state index contributed by atoms with van der Waals surface area (Å²) in [5.74, 6) is 2.23. The Morgan fingerprint density at radius 2 is 1.63 bits per heavy atom. The summed E-state index contributed by atoms with van der Waals surface area (Å²) in [5, 5.41) is 6.79. The van der Waals surface area contributed by atoms with Crippen LogP contribution in [0.3, 0.4) is 0 Å². The summed E-state index contributed by atoms with van der Waals surface area (Å²) in [6.45, 7) is 2.03. The summed E-state index contributed by atoms with van der Waals surface area (Å²) < 4.78 is 11.0. The first-order valence-corrected chi connectivity index (χ1v) is 9.53. The Balaban J connectivity index is 1.28. The summed E-state index contributed by atoms with van der Waals surface area (Å²) in [5.41, 5.74) is 2.69. The zero-order chi connectivity index (χ0) is 20.8. The van der Waals surface area contributed by atoms with E-state index in [4.69, 9.17) is 9.26 Å². The molecule has 0 radical (unpaired) electrons. The number of anilines is 1. The molecule has 0 unspecified atom stereocenters. The Labute approximate surface area is 173 Å². The van der Waals surface area contributed by atoms with Gasteiger partial charge in [-0.3, -0.25) is 9.78 Å². The van der Waals surface area contributed by atoms with Crippen LogP contribution in [-0.4, -0.2) is 21.0 Å². The van der Waals surface area contributed by atoms with Gasteiger partial charge < -0.3 is 14.6 Å². The van der Waals surface area contributed by atoms with Gasteiger partial charge in [0.05, 0.1) is 0 Å². The van der Waals surface area contributed by atoms with Crippen LogP contribution in [0.2, 0.25) is 0 Å². The topological polar surface area (TPSA) is 90.1 Å². The molecule has 0 atom stereocenters. The smallest absolute Gasteiger partial charge is 0.227 e. The Hall–Kier alpha value is -4.00. The van der Waals surface area contributed by atoms with E-state index in [0.717, 1.165) is 11.3 Å². The van der Waals surface area contributed by atoms with Gasteiger partial charge in [-0.05, 0) is 55.5 Å². The van der Waals surface area contributed by atoms with E-state index < -0.39 is 0 Å². The van der Waals surface area contributed by atoms with E-state index in [1.54, 1.807) is 36.7 Å². The minimum Gasteiger partial charge on any atom is -0.457 e. The Bertz CT molecular complexity index is 1110. The number of nitrogens with one attached hydrogen (secondary N) is 1. The zero-order valence-corrected chi connectivity index (χ0v) is 16.4. The van der Waals surface area contributed by atoms with Crippen LogP contribution in [0.25, 0.3) is 11.4 Å². The third-order valence-electron chi connectivity index (χ3n) is 4.37. The molecule has 0 bridgehead atoms. The summed E-state index contributed by atoms with van der Waals surface area (Å²) in [7, 11) is 0. The molecule has 30 heavy (non-hydrogen) atoms. The molecule has 0 saturated heterocycles. The first-order chi connectivity index (χ1) is 14.7. The van der Waals surface area contributed by atoms with Crippen molar-refractivity contribution in [2.45, 2.75) is 19.8 Å². The van der Waals surface area contributed by atoms with E-state index in [9.17, 15) is 4.79 Å². The molecule has 4 rings (SSSR count). The fraction of sp³-hybridized carbons (Fsp3) is 0.130.